The number of hydrogen-bond acceptors (Lipinski definition) is 7. The monoisotopic (exact) mass is 492 g/mol. The lowest BCUT2D eigenvalue weighted by Crippen LogP contribution is -2.46. The zero-order chi connectivity index (χ0) is 23.2. The zero-order valence-electron chi connectivity index (χ0n) is 17.8. The number of ether oxygens (including phenoxy) is 2. The Kier molecular flexibility index (Phi) is 5.04. The number of fused-ring (bicyclic) bond motifs is 1. The Balaban J connectivity index is 1.50. The van der Waals surface area contributed by atoms with E-state index in [1.54, 1.807) is 6.07 Å². The fourth-order valence-electron chi connectivity index (χ4n) is 4.13. The van der Waals surface area contributed by atoms with Crippen LogP contribution in [0.1, 0.15) is 24.4 Å². The Morgan fingerprint density at radius 3 is 2.82 bits per heavy atom. The van der Waals surface area contributed by atoms with Gasteiger partial charge < -0.3 is 19.3 Å². The first-order valence-corrected chi connectivity index (χ1v) is 11.7. The molecule has 0 bridgehead atoms. The lowest BCUT2D eigenvalue weighted by molar-refractivity contribution is 0.174. The first kappa shape index (κ1) is 20.8. The summed E-state index contributed by atoms with van der Waals surface area (Å²) in [6, 6.07) is 15.4. The first-order chi connectivity index (χ1) is 16.6. The van der Waals surface area contributed by atoms with Crippen LogP contribution in [-0.2, 0) is 0 Å². The second-order valence-corrected chi connectivity index (χ2v) is 9.04. The molecular weight excluding hydrogens is 475 g/mol. The van der Waals surface area contributed by atoms with Gasteiger partial charge in [-0.1, -0.05) is 23.4 Å². The second-order valence-electron chi connectivity index (χ2n) is 7.71. The molecule has 2 aromatic heterocycles. The number of thiocarbonyl (C=S) groups is 1. The van der Waals surface area contributed by atoms with Crippen LogP contribution in [0.15, 0.2) is 70.2 Å². The van der Waals surface area contributed by atoms with Gasteiger partial charge in [0.1, 0.15) is 5.82 Å². The molecule has 0 radical (unpaired) electrons. The minimum Gasteiger partial charge on any atom is -0.454 e. The average Bonchev–Trinajstić information content (AvgIpc) is 3.59. The summed E-state index contributed by atoms with van der Waals surface area (Å²) in [5.41, 5.74) is 2.95. The van der Waals surface area contributed by atoms with Gasteiger partial charge in [0.25, 0.3) is 5.89 Å². The van der Waals surface area contributed by atoms with E-state index in [9.17, 15) is 4.39 Å². The van der Waals surface area contributed by atoms with Gasteiger partial charge in [-0.3, -0.25) is 4.90 Å². The summed E-state index contributed by atoms with van der Waals surface area (Å²) in [6.07, 6.45) is 0. The van der Waals surface area contributed by atoms with Gasteiger partial charge in [0.15, 0.2) is 16.6 Å². The Bertz CT molecular complexity index is 1430. The van der Waals surface area contributed by atoms with Gasteiger partial charge >= 0.3 is 0 Å². The summed E-state index contributed by atoms with van der Waals surface area (Å²) in [6.45, 7) is 2.10. The summed E-state index contributed by atoms with van der Waals surface area (Å²) in [4.78, 5) is 7.43. The fourth-order valence-corrected chi connectivity index (χ4v) is 5.14. The quantitative estimate of drug-likeness (QED) is 0.373. The van der Waals surface area contributed by atoms with Crippen LogP contribution >= 0.6 is 23.6 Å². The molecule has 10 heteroatoms. The maximum Gasteiger partial charge on any atom is 0.258 e. The van der Waals surface area contributed by atoms with Crippen LogP contribution in [0.25, 0.3) is 16.3 Å². The summed E-state index contributed by atoms with van der Waals surface area (Å²) in [5, 5.41) is 9.92. The lowest BCUT2D eigenvalue weighted by atomic mass is 9.94. The predicted octanol–water partition coefficient (Wildman–Crippen LogP) is 5.53. The van der Waals surface area contributed by atoms with Crippen molar-refractivity contribution in [3.05, 3.63) is 82.9 Å². The average molecular weight is 493 g/mol. The molecule has 1 N–H and O–H groups in total. The van der Waals surface area contributed by atoms with E-state index >= 15 is 0 Å². The molecule has 2 aliphatic rings. The molecule has 34 heavy (non-hydrogen) atoms. The van der Waals surface area contributed by atoms with Crippen molar-refractivity contribution < 1.29 is 18.4 Å². The largest absolute Gasteiger partial charge is 0.454 e. The van der Waals surface area contributed by atoms with Crippen molar-refractivity contribution >= 4 is 39.9 Å². The van der Waals surface area contributed by atoms with E-state index in [4.69, 9.17) is 26.2 Å². The summed E-state index contributed by atoms with van der Waals surface area (Å²) < 4.78 is 30.8. The number of hydrogen-bond donors (Lipinski definition) is 1. The highest BCUT2D eigenvalue weighted by Crippen LogP contribution is 2.42. The van der Waals surface area contributed by atoms with Gasteiger partial charge in [0.2, 0.25) is 12.6 Å². The van der Waals surface area contributed by atoms with E-state index in [0.29, 0.717) is 39.5 Å². The van der Waals surface area contributed by atoms with Crippen molar-refractivity contribution in [2.75, 3.05) is 11.7 Å². The first-order valence-electron chi connectivity index (χ1n) is 10.4. The standard InChI is InChI=1S/C24H17FN4O3S2/c1-13-20(23-27-22(28-32-23)19-6-3-9-34-19)21(14-4-2-5-15(25)10-14)26-24(33)29(13)16-7-8-17-18(11-16)31-12-30-17/h2-11,21H,12H2,1H3,(H,26,33). The Hall–Kier alpha value is -3.76. The number of halogens is 1. The normalized spacial score (nSPS) is 17.3. The van der Waals surface area contributed by atoms with Gasteiger partial charge in [-0.2, -0.15) is 4.98 Å². The van der Waals surface area contributed by atoms with Crippen LogP contribution in [0.2, 0.25) is 0 Å². The highest BCUT2D eigenvalue weighted by Gasteiger charge is 2.35. The maximum absolute atomic E-state index is 14.1. The third kappa shape index (κ3) is 3.51. The fraction of sp³-hybridized carbons (Fsp3) is 0.125. The van der Waals surface area contributed by atoms with E-state index in [-0.39, 0.29) is 12.6 Å². The number of aromatic nitrogens is 2. The van der Waals surface area contributed by atoms with Gasteiger partial charge in [0, 0.05) is 11.8 Å². The molecule has 2 aliphatic heterocycles. The number of nitrogens with zero attached hydrogens (tertiary/aromatic N) is 3. The molecule has 0 aliphatic carbocycles. The molecule has 170 valence electrons. The van der Waals surface area contributed by atoms with Crippen molar-refractivity contribution in [1.82, 2.24) is 15.5 Å². The van der Waals surface area contributed by atoms with Crippen LogP contribution in [0, 0.1) is 5.82 Å². The van der Waals surface area contributed by atoms with Crippen LogP contribution in [0.4, 0.5) is 10.1 Å². The maximum atomic E-state index is 14.1. The number of benzene rings is 2. The third-order valence-corrected chi connectivity index (χ3v) is 6.85. The molecular formula is C24H17FN4O3S2. The van der Waals surface area contributed by atoms with Gasteiger partial charge in [-0.25, -0.2) is 4.39 Å². The van der Waals surface area contributed by atoms with E-state index in [0.717, 1.165) is 16.3 Å². The number of thiophene rings is 1. The molecule has 0 spiro atoms. The van der Waals surface area contributed by atoms with Gasteiger partial charge in [-0.15, -0.1) is 11.3 Å². The topological polar surface area (TPSA) is 72.7 Å². The molecule has 0 saturated heterocycles. The van der Waals surface area contributed by atoms with E-state index in [1.807, 2.05) is 53.6 Å². The molecule has 6 rings (SSSR count). The molecule has 0 saturated carbocycles. The molecule has 0 amide bonds. The Morgan fingerprint density at radius 2 is 2.00 bits per heavy atom. The van der Waals surface area contributed by atoms with E-state index in [2.05, 4.69) is 15.5 Å². The van der Waals surface area contributed by atoms with Crippen molar-refractivity contribution in [2.45, 2.75) is 13.0 Å². The molecule has 4 aromatic rings. The number of rotatable bonds is 4. The lowest BCUT2D eigenvalue weighted by Gasteiger charge is -2.37. The zero-order valence-corrected chi connectivity index (χ0v) is 19.5. The molecule has 0 fully saturated rings. The van der Waals surface area contributed by atoms with Gasteiger partial charge in [0.05, 0.1) is 22.2 Å². The third-order valence-electron chi connectivity index (χ3n) is 5.68. The highest BCUT2D eigenvalue weighted by atomic mass is 32.1. The minimum atomic E-state index is -0.481. The number of nitrogens with one attached hydrogen (secondary N) is 1. The molecule has 1 atom stereocenters. The SMILES string of the molecule is CC1=C(c2nc(-c3cccs3)no2)C(c2cccc(F)c2)NC(=S)N1c1ccc2c(c1)OCO2. The predicted molar refractivity (Wildman–Crippen MR) is 130 cm³/mol. The van der Waals surface area contributed by atoms with Crippen LogP contribution in [-0.4, -0.2) is 22.0 Å². The van der Waals surface area contributed by atoms with Crippen LogP contribution < -0.4 is 19.7 Å². The Labute approximate surface area is 203 Å². The van der Waals surface area contributed by atoms with Crippen LogP contribution in [0.3, 0.4) is 0 Å². The van der Waals surface area contributed by atoms with E-state index < -0.39 is 6.04 Å². The van der Waals surface area contributed by atoms with E-state index in [1.165, 1.54) is 23.5 Å². The minimum absolute atomic E-state index is 0.177. The van der Waals surface area contributed by atoms with Crippen molar-refractivity contribution in [2.24, 2.45) is 0 Å². The second kappa shape index (κ2) is 8.23. The Morgan fingerprint density at radius 1 is 1.12 bits per heavy atom. The smallest absolute Gasteiger partial charge is 0.258 e. The molecule has 7 nitrogen and oxygen atoms in total. The number of allylic oxidation sites excluding steroid dienone is 1. The molecule has 1 unspecified atom stereocenters. The number of anilines is 1. The van der Waals surface area contributed by atoms with Crippen molar-refractivity contribution in [3.8, 4) is 22.2 Å². The van der Waals surface area contributed by atoms with Crippen molar-refractivity contribution in [1.29, 1.82) is 0 Å². The summed E-state index contributed by atoms with van der Waals surface area (Å²) >= 11 is 7.27. The van der Waals surface area contributed by atoms with Crippen LogP contribution in [0.5, 0.6) is 11.5 Å². The van der Waals surface area contributed by atoms with Crippen molar-refractivity contribution in [3.63, 3.8) is 0 Å². The van der Waals surface area contributed by atoms with Gasteiger partial charge in [-0.05, 0) is 60.4 Å². The summed E-state index contributed by atoms with van der Waals surface area (Å²) in [7, 11) is 0. The summed E-state index contributed by atoms with van der Waals surface area (Å²) in [5.74, 6) is 1.79. The highest BCUT2D eigenvalue weighted by molar-refractivity contribution is 7.80. The molecule has 4 heterocycles. The molecule has 2 aromatic carbocycles.